The number of oxazole rings is 1. The van der Waals surface area contributed by atoms with Crippen LogP contribution < -0.4 is 10.6 Å². The maximum Gasteiger partial charge on any atom is 0.305 e. The molecule has 1 aromatic heterocycles. The lowest BCUT2D eigenvalue weighted by atomic mass is 10.0. The topological polar surface area (TPSA) is 179 Å². The lowest BCUT2D eigenvalue weighted by Gasteiger charge is -2.43. The van der Waals surface area contributed by atoms with Gasteiger partial charge in [0.05, 0.1) is 6.42 Å². The van der Waals surface area contributed by atoms with Crippen LogP contribution in [0.25, 0.3) is 11.1 Å². The fraction of sp³-hybridized carbons (Fsp3) is 0.387. The first-order valence-electron chi connectivity index (χ1n) is 14.5. The van der Waals surface area contributed by atoms with E-state index in [2.05, 4.69) is 15.6 Å². The van der Waals surface area contributed by atoms with Crippen LogP contribution in [0, 0.1) is 6.92 Å². The number of rotatable bonds is 10. The summed E-state index contributed by atoms with van der Waals surface area (Å²) in [5, 5.41) is 17.0. The molecule has 2 aliphatic rings. The SMILES string of the molecule is Cc1cccc2nc(C(=O)[C@H](CC(=O)O)NC(=O)[C@@H]3CCCN4C(=O)CCC(NC(=O)CCc5ccccc5)C(=O)N34)oc12. The third-order valence-electron chi connectivity index (χ3n) is 7.82. The number of hydrazine groups is 1. The number of ketones is 1. The van der Waals surface area contributed by atoms with E-state index in [0.29, 0.717) is 23.9 Å². The lowest BCUT2D eigenvalue weighted by molar-refractivity contribution is -0.176. The zero-order valence-corrected chi connectivity index (χ0v) is 24.2. The number of para-hydroxylation sites is 1. The van der Waals surface area contributed by atoms with Gasteiger partial charge in [0.15, 0.2) is 5.58 Å². The third-order valence-corrected chi connectivity index (χ3v) is 7.82. The number of nitrogens with zero attached hydrogens (tertiary/aromatic N) is 3. The summed E-state index contributed by atoms with van der Waals surface area (Å²) < 4.78 is 5.62. The van der Waals surface area contributed by atoms with Crippen LogP contribution >= 0.6 is 0 Å². The molecule has 5 rings (SSSR count). The van der Waals surface area contributed by atoms with Crippen molar-refractivity contribution in [2.75, 3.05) is 6.54 Å². The molecular formula is C31H33N5O8. The van der Waals surface area contributed by atoms with E-state index in [1.165, 1.54) is 5.01 Å². The van der Waals surface area contributed by atoms with Crippen molar-refractivity contribution in [3.63, 3.8) is 0 Å². The Kier molecular flexibility index (Phi) is 9.02. The van der Waals surface area contributed by atoms with E-state index in [4.69, 9.17) is 4.42 Å². The van der Waals surface area contributed by atoms with E-state index in [-0.39, 0.29) is 49.9 Å². The molecular weight excluding hydrogens is 570 g/mol. The molecule has 44 heavy (non-hydrogen) atoms. The highest BCUT2D eigenvalue weighted by Crippen LogP contribution is 2.26. The average molecular weight is 604 g/mol. The highest BCUT2D eigenvalue weighted by Gasteiger charge is 2.45. The van der Waals surface area contributed by atoms with E-state index in [1.54, 1.807) is 25.1 Å². The summed E-state index contributed by atoms with van der Waals surface area (Å²) in [7, 11) is 0. The number of carboxylic acids is 1. The number of hydrogen-bond donors (Lipinski definition) is 3. The van der Waals surface area contributed by atoms with E-state index < -0.39 is 48.1 Å². The van der Waals surface area contributed by atoms with Crippen LogP contribution in [0.4, 0.5) is 0 Å². The molecule has 0 saturated carbocycles. The predicted molar refractivity (Wildman–Crippen MR) is 155 cm³/mol. The van der Waals surface area contributed by atoms with Gasteiger partial charge in [0.2, 0.25) is 23.5 Å². The zero-order chi connectivity index (χ0) is 31.4. The summed E-state index contributed by atoms with van der Waals surface area (Å²) >= 11 is 0. The van der Waals surface area contributed by atoms with Crippen molar-refractivity contribution in [3.8, 4) is 0 Å². The molecule has 0 spiro atoms. The minimum absolute atomic E-state index is 0.0164. The van der Waals surface area contributed by atoms with Crippen LogP contribution in [0.2, 0.25) is 0 Å². The number of aryl methyl sites for hydroxylation is 2. The quantitative estimate of drug-likeness (QED) is 0.292. The monoisotopic (exact) mass is 603 g/mol. The highest BCUT2D eigenvalue weighted by molar-refractivity contribution is 6.03. The fourth-order valence-electron chi connectivity index (χ4n) is 5.57. The molecule has 0 radical (unpaired) electrons. The minimum Gasteiger partial charge on any atom is -0.481 e. The van der Waals surface area contributed by atoms with Crippen LogP contribution in [0.15, 0.2) is 52.9 Å². The van der Waals surface area contributed by atoms with E-state index in [1.807, 2.05) is 30.3 Å². The minimum atomic E-state index is -1.55. The lowest BCUT2D eigenvalue weighted by Crippen LogP contribution is -2.64. The standard InChI is InChI=1S/C31H33N5O8/c1-18-7-5-10-20-28(18)44-30(34-20)27(41)22(17-26(39)40)33-29(42)23-11-6-16-35-25(38)15-13-21(31(43)36(23)35)32-24(37)14-12-19-8-3-2-4-9-19/h2-5,7-10,21-23H,6,11-17H2,1H3,(H,32,37)(H,33,42)(H,39,40)/t21?,22-,23-/m0/s1. The first kappa shape index (κ1) is 30.4. The molecule has 3 aromatic rings. The van der Waals surface area contributed by atoms with Crippen LogP contribution in [0.3, 0.4) is 0 Å². The molecule has 2 fully saturated rings. The summed E-state index contributed by atoms with van der Waals surface area (Å²) in [6, 6.07) is 10.7. The Bertz CT molecular complexity index is 1600. The summed E-state index contributed by atoms with van der Waals surface area (Å²) in [5.74, 6) is -4.72. The second kappa shape index (κ2) is 13.1. The molecule has 0 aliphatic carbocycles. The largest absolute Gasteiger partial charge is 0.481 e. The number of aromatic nitrogens is 1. The van der Waals surface area contributed by atoms with Gasteiger partial charge in [0.25, 0.3) is 11.8 Å². The average Bonchev–Trinajstić information content (AvgIpc) is 3.42. The first-order valence-corrected chi connectivity index (χ1v) is 14.5. The highest BCUT2D eigenvalue weighted by atomic mass is 16.4. The number of carbonyl (C=O) groups is 6. The van der Waals surface area contributed by atoms with Crippen molar-refractivity contribution in [3.05, 3.63) is 65.5 Å². The molecule has 3 heterocycles. The van der Waals surface area contributed by atoms with Crippen molar-refractivity contribution in [1.82, 2.24) is 25.6 Å². The van der Waals surface area contributed by atoms with Gasteiger partial charge in [-0.25, -0.2) is 9.99 Å². The first-order chi connectivity index (χ1) is 21.1. The van der Waals surface area contributed by atoms with Gasteiger partial charge in [-0.15, -0.1) is 0 Å². The number of fused-ring (bicyclic) bond motifs is 2. The summed E-state index contributed by atoms with van der Waals surface area (Å²) in [4.78, 5) is 82.4. The number of hydrogen-bond acceptors (Lipinski definition) is 8. The molecule has 2 aromatic carbocycles. The molecule has 4 amide bonds. The van der Waals surface area contributed by atoms with Gasteiger partial charge in [0.1, 0.15) is 23.6 Å². The molecule has 3 atom stereocenters. The van der Waals surface area contributed by atoms with Crippen LogP contribution in [0.1, 0.15) is 60.3 Å². The Morgan fingerprint density at radius 2 is 1.84 bits per heavy atom. The second-order valence-corrected chi connectivity index (χ2v) is 11.0. The molecule has 3 N–H and O–H groups in total. The van der Waals surface area contributed by atoms with Gasteiger partial charge in [-0.3, -0.25) is 33.8 Å². The molecule has 0 bridgehead atoms. The van der Waals surface area contributed by atoms with Gasteiger partial charge < -0.3 is 20.2 Å². The number of aliphatic carboxylic acids is 1. The summed E-state index contributed by atoms with van der Waals surface area (Å²) in [6.45, 7) is 1.97. The van der Waals surface area contributed by atoms with E-state index in [0.717, 1.165) is 16.1 Å². The molecule has 13 nitrogen and oxygen atoms in total. The molecule has 2 aliphatic heterocycles. The third kappa shape index (κ3) is 6.61. The Morgan fingerprint density at radius 1 is 1.07 bits per heavy atom. The van der Waals surface area contributed by atoms with Crippen LogP contribution in [0.5, 0.6) is 0 Å². The van der Waals surface area contributed by atoms with Crippen molar-refractivity contribution >= 4 is 46.5 Å². The van der Waals surface area contributed by atoms with E-state index in [9.17, 15) is 33.9 Å². The molecule has 230 valence electrons. The molecule has 13 heteroatoms. The predicted octanol–water partition coefficient (Wildman–Crippen LogP) is 1.92. The van der Waals surface area contributed by atoms with E-state index >= 15 is 0 Å². The van der Waals surface area contributed by atoms with Crippen molar-refractivity contribution in [1.29, 1.82) is 0 Å². The number of carboxylic acid groups (broad SMARTS) is 1. The number of carbonyl (C=O) groups excluding carboxylic acids is 5. The molecule has 1 unspecified atom stereocenters. The number of amides is 4. The number of benzene rings is 2. The van der Waals surface area contributed by atoms with Gasteiger partial charge in [-0.2, -0.15) is 0 Å². The van der Waals surface area contributed by atoms with Crippen molar-refractivity contribution in [2.45, 2.75) is 70.0 Å². The van der Waals surface area contributed by atoms with Crippen molar-refractivity contribution < 1.29 is 38.3 Å². The number of nitrogens with one attached hydrogen (secondary N) is 2. The smallest absolute Gasteiger partial charge is 0.305 e. The normalized spacial score (nSPS) is 19.2. The van der Waals surface area contributed by atoms with Crippen LogP contribution in [-0.2, 0) is 30.4 Å². The fourth-order valence-corrected chi connectivity index (χ4v) is 5.57. The Labute approximate surface area is 252 Å². The summed E-state index contributed by atoms with van der Waals surface area (Å²) in [5.41, 5.74) is 2.45. The van der Waals surface area contributed by atoms with Crippen LogP contribution in [-0.4, -0.2) is 80.2 Å². The Hall–Kier alpha value is -5.07. The Morgan fingerprint density at radius 3 is 2.57 bits per heavy atom. The number of Topliss-reactive ketones (excluding diaryl/α,β-unsaturated/α-hetero) is 1. The maximum atomic E-state index is 13.8. The maximum absolute atomic E-state index is 13.8. The van der Waals surface area contributed by atoms with Gasteiger partial charge in [-0.1, -0.05) is 42.5 Å². The second-order valence-electron chi connectivity index (χ2n) is 11.0. The van der Waals surface area contributed by atoms with Gasteiger partial charge in [-0.05, 0) is 49.8 Å². The zero-order valence-electron chi connectivity index (χ0n) is 24.2. The van der Waals surface area contributed by atoms with Gasteiger partial charge >= 0.3 is 5.97 Å². The Balaban J connectivity index is 1.33. The molecule has 2 saturated heterocycles. The van der Waals surface area contributed by atoms with Crippen molar-refractivity contribution in [2.24, 2.45) is 0 Å². The summed E-state index contributed by atoms with van der Waals surface area (Å²) in [6.07, 6.45) is 0.433. The van der Waals surface area contributed by atoms with Gasteiger partial charge in [0, 0.05) is 19.4 Å².